The Hall–Kier alpha value is -1.64. The van der Waals surface area contributed by atoms with Crippen LogP contribution in [0.5, 0.6) is 0 Å². The number of fused-ring (bicyclic) bond motifs is 1. The Morgan fingerprint density at radius 3 is 2.47 bits per heavy atom. The van der Waals surface area contributed by atoms with E-state index in [2.05, 4.69) is 12.1 Å². The molecule has 0 fully saturated rings. The summed E-state index contributed by atoms with van der Waals surface area (Å²) < 4.78 is 0.926. The molecule has 94 valence electrons. The summed E-state index contributed by atoms with van der Waals surface area (Å²) in [6.45, 7) is 2.05. The smallest absolute Gasteiger partial charge is 0.188 e. The third kappa shape index (κ3) is 2.42. The van der Waals surface area contributed by atoms with Crippen LogP contribution >= 0.6 is 22.9 Å². The zero-order valence-electron chi connectivity index (χ0n) is 10.3. The van der Waals surface area contributed by atoms with Crippen LogP contribution in [0.3, 0.4) is 0 Å². The number of halogens is 1. The minimum Gasteiger partial charge on any atom is -0.289 e. The topological polar surface area (TPSA) is 17.1 Å². The molecule has 0 aliphatic heterocycles. The molecule has 0 aliphatic carbocycles. The number of aryl methyl sites for hydroxylation is 1. The Kier molecular flexibility index (Phi) is 3.13. The molecule has 0 spiro atoms. The second kappa shape index (κ2) is 4.80. The number of hydrogen-bond acceptors (Lipinski definition) is 2. The fourth-order valence-electron chi connectivity index (χ4n) is 1.99. The van der Waals surface area contributed by atoms with E-state index in [1.165, 1.54) is 5.56 Å². The van der Waals surface area contributed by atoms with E-state index in [-0.39, 0.29) is 5.43 Å². The second-order valence-electron chi connectivity index (χ2n) is 4.48. The summed E-state index contributed by atoms with van der Waals surface area (Å²) in [5.41, 5.74) is 2.32. The van der Waals surface area contributed by atoms with Gasteiger partial charge in [-0.05, 0) is 30.7 Å². The summed E-state index contributed by atoms with van der Waals surface area (Å²) in [5, 5.41) is 1.38. The van der Waals surface area contributed by atoms with Crippen LogP contribution in [0.25, 0.3) is 20.5 Å². The molecule has 1 heterocycles. The van der Waals surface area contributed by atoms with Crippen molar-refractivity contribution in [3.05, 3.63) is 69.3 Å². The van der Waals surface area contributed by atoms with Crippen molar-refractivity contribution in [3.63, 3.8) is 0 Å². The van der Waals surface area contributed by atoms with Crippen LogP contribution in [0.4, 0.5) is 0 Å². The summed E-state index contributed by atoms with van der Waals surface area (Å²) in [7, 11) is 0. The molecule has 3 rings (SSSR count). The highest BCUT2D eigenvalue weighted by Crippen LogP contribution is 2.29. The molecule has 1 nitrogen and oxygen atoms in total. The van der Waals surface area contributed by atoms with E-state index in [1.807, 2.05) is 25.1 Å². The van der Waals surface area contributed by atoms with E-state index in [9.17, 15) is 4.79 Å². The average molecular weight is 287 g/mol. The van der Waals surface area contributed by atoms with E-state index >= 15 is 0 Å². The minimum absolute atomic E-state index is 0.0426. The lowest BCUT2D eigenvalue weighted by atomic mass is 10.1. The standard InChI is InChI=1S/C16H11ClOS/c1-10-2-4-11(5-3-10)15-9-14(18)13-7-6-12(17)8-16(13)19-15/h2-9H,1H3. The van der Waals surface area contributed by atoms with Crippen LogP contribution in [0, 0.1) is 6.92 Å². The lowest BCUT2D eigenvalue weighted by Crippen LogP contribution is -1.98. The minimum atomic E-state index is 0.0426. The molecular formula is C16H11ClOS. The fraction of sp³-hybridized carbons (Fsp3) is 0.0625. The van der Waals surface area contributed by atoms with Crippen LogP contribution in [0.2, 0.25) is 5.02 Å². The van der Waals surface area contributed by atoms with Gasteiger partial charge in [-0.25, -0.2) is 0 Å². The van der Waals surface area contributed by atoms with Gasteiger partial charge in [0.05, 0.1) is 0 Å². The zero-order valence-corrected chi connectivity index (χ0v) is 11.9. The molecule has 0 amide bonds. The molecule has 2 aromatic carbocycles. The van der Waals surface area contributed by atoms with Crippen LogP contribution in [-0.2, 0) is 0 Å². The monoisotopic (exact) mass is 286 g/mol. The van der Waals surface area contributed by atoms with Gasteiger partial charge in [0, 0.05) is 26.1 Å². The van der Waals surface area contributed by atoms with Gasteiger partial charge < -0.3 is 0 Å². The molecule has 0 saturated heterocycles. The molecule has 0 N–H and O–H groups in total. The normalized spacial score (nSPS) is 10.8. The second-order valence-corrected chi connectivity index (χ2v) is 6.00. The van der Waals surface area contributed by atoms with Gasteiger partial charge in [-0.15, -0.1) is 11.3 Å². The van der Waals surface area contributed by atoms with Crippen molar-refractivity contribution in [1.29, 1.82) is 0 Å². The van der Waals surface area contributed by atoms with E-state index in [4.69, 9.17) is 11.6 Å². The van der Waals surface area contributed by atoms with Crippen molar-refractivity contribution in [1.82, 2.24) is 0 Å². The Morgan fingerprint density at radius 1 is 1.00 bits per heavy atom. The molecule has 1 aromatic heterocycles. The first-order valence-electron chi connectivity index (χ1n) is 5.94. The molecule has 0 unspecified atom stereocenters. The molecule has 0 atom stereocenters. The van der Waals surface area contributed by atoms with E-state index in [1.54, 1.807) is 29.5 Å². The van der Waals surface area contributed by atoms with Gasteiger partial charge in [0.25, 0.3) is 0 Å². The number of benzene rings is 2. The number of rotatable bonds is 1. The van der Waals surface area contributed by atoms with Crippen molar-refractivity contribution in [2.75, 3.05) is 0 Å². The third-order valence-corrected chi connectivity index (χ3v) is 4.39. The molecule has 0 radical (unpaired) electrons. The van der Waals surface area contributed by atoms with E-state index in [0.29, 0.717) is 5.02 Å². The quantitative estimate of drug-likeness (QED) is 0.622. The van der Waals surface area contributed by atoms with Crippen molar-refractivity contribution in [3.8, 4) is 10.4 Å². The van der Waals surface area contributed by atoms with Crippen molar-refractivity contribution in [2.45, 2.75) is 6.92 Å². The summed E-state index contributed by atoms with van der Waals surface area (Å²) in [6.07, 6.45) is 0. The summed E-state index contributed by atoms with van der Waals surface area (Å²) in [5.74, 6) is 0. The lowest BCUT2D eigenvalue weighted by Gasteiger charge is -2.03. The Bertz CT molecular complexity index is 803. The summed E-state index contributed by atoms with van der Waals surface area (Å²) >= 11 is 7.58. The van der Waals surface area contributed by atoms with E-state index in [0.717, 1.165) is 20.5 Å². The van der Waals surface area contributed by atoms with E-state index < -0.39 is 0 Å². The maximum absolute atomic E-state index is 12.1. The lowest BCUT2D eigenvalue weighted by molar-refractivity contribution is 1.47. The predicted octanol–water partition coefficient (Wildman–Crippen LogP) is 4.89. The first-order valence-corrected chi connectivity index (χ1v) is 7.13. The van der Waals surface area contributed by atoms with Crippen LogP contribution in [-0.4, -0.2) is 0 Å². The van der Waals surface area contributed by atoms with Gasteiger partial charge in [0.15, 0.2) is 5.43 Å². The fourth-order valence-corrected chi connectivity index (χ4v) is 3.35. The third-order valence-electron chi connectivity index (χ3n) is 3.03. The summed E-state index contributed by atoms with van der Waals surface area (Å²) in [4.78, 5) is 13.1. The molecule has 19 heavy (non-hydrogen) atoms. The summed E-state index contributed by atoms with van der Waals surface area (Å²) in [6, 6.07) is 15.3. The maximum Gasteiger partial charge on any atom is 0.188 e. The molecule has 0 aliphatic rings. The van der Waals surface area contributed by atoms with Crippen LogP contribution in [0.1, 0.15) is 5.56 Å². The van der Waals surface area contributed by atoms with Gasteiger partial charge in [-0.2, -0.15) is 0 Å². The highest BCUT2D eigenvalue weighted by molar-refractivity contribution is 7.21. The first kappa shape index (κ1) is 12.4. The number of hydrogen-bond donors (Lipinski definition) is 0. The van der Waals surface area contributed by atoms with Gasteiger partial charge in [0.2, 0.25) is 0 Å². The molecule has 0 bridgehead atoms. The van der Waals surface area contributed by atoms with Gasteiger partial charge in [-0.3, -0.25) is 4.79 Å². The van der Waals surface area contributed by atoms with Crippen molar-refractivity contribution in [2.24, 2.45) is 0 Å². The van der Waals surface area contributed by atoms with Gasteiger partial charge in [0.1, 0.15) is 0 Å². The van der Waals surface area contributed by atoms with Crippen LogP contribution in [0.15, 0.2) is 53.3 Å². The molecule has 0 saturated carbocycles. The van der Waals surface area contributed by atoms with Gasteiger partial charge >= 0.3 is 0 Å². The highest BCUT2D eigenvalue weighted by Gasteiger charge is 2.05. The molecule has 3 aromatic rings. The zero-order chi connectivity index (χ0) is 13.4. The average Bonchev–Trinajstić information content (AvgIpc) is 2.38. The maximum atomic E-state index is 12.1. The van der Waals surface area contributed by atoms with Crippen molar-refractivity contribution < 1.29 is 0 Å². The molecule has 3 heteroatoms. The van der Waals surface area contributed by atoms with Crippen LogP contribution < -0.4 is 5.43 Å². The predicted molar refractivity (Wildman–Crippen MR) is 83.3 cm³/mol. The Labute approximate surface area is 120 Å². The molecular weight excluding hydrogens is 276 g/mol. The first-order chi connectivity index (χ1) is 9.13. The Balaban J connectivity index is 2.25. The SMILES string of the molecule is Cc1ccc(-c2cc(=O)c3ccc(Cl)cc3s2)cc1. The van der Waals surface area contributed by atoms with Gasteiger partial charge in [-0.1, -0.05) is 41.4 Å². The highest BCUT2D eigenvalue weighted by atomic mass is 35.5. The largest absolute Gasteiger partial charge is 0.289 e. The van der Waals surface area contributed by atoms with Crippen molar-refractivity contribution >= 4 is 33.0 Å². The Morgan fingerprint density at radius 2 is 1.74 bits per heavy atom.